The minimum Gasteiger partial charge on any atom is -0.355 e. The first-order chi connectivity index (χ1) is 8.69. The third kappa shape index (κ3) is 3.33. The van der Waals surface area contributed by atoms with E-state index in [1.54, 1.807) is 0 Å². The average molecular weight is 246 g/mol. The Morgan fingerprint density at radius 2 is 2.11 bits per heavy atom. The zero-order chi connectivity index (χ0) is 13.0. The van der Waals surface area contributed by atoms with E-state index in [0.717, 1.165) is 19.4 Å². The lowest BCUT2D eigenvalue weighted by Gasteiger charge is -2.27. The Kier molecular flexibility index (Phi) is 4.37. The fraction of sp³-hybridized carbons (Fsp3) is 0.533. The Bertz CT molecular complexity index is 389. The number of hydrogen-bond acceptors (Lipinski definition) is 2. The van der Waals surface area contributed by atoms with E-state index >= 15 is 0 Å². The molecule has 1 amide bonds. The van der Waals surface area contributed by atoms with Crippen molar-refractivity contribution in [1.29, 1.82) is 0 Å². The van der Waals surface area contributed by atoms with Crippen LogP contribution in [-0.2, 0) is 11.2 Å². The third-order valence-corrected chi connectivity index (χ3v) is 3.64. The van der Waals surface area contributed by atoms with Crippen LogP contribution in [0.2, 0.25) is 0 Å². The van der Waals surface area contributed by atoms with E-state index < -0.39 is 0 Å². The molecule has 1 fully saturated rings. The van der Waals surface area contributed by atoms with Crippen LogP contribution in [0.25, 0.3) is 0 Å². The summed E-state index contributed by atoms with van der Waals surface area (Å²) in [5, 5.41) is 6.48. The van der Waals surface area contributed by atoms with Crippen molar-refractivity contribution in [3.63, 3.8) is 0 Å². The molecule has 0 saturated carbocycles. The van der Waals surface area contributed by atoms with E-state index in [1.807, 2.05) is 0 Å². The van der Waals surface area contributed by atoms with E-state index in [1.165, 1.54) is 11.1 Å². The van der Waals surface area contributed by atoms with Crippen molar-refractivity contribution >= 4 is 5.91 Å². The summed E-state index contributed by atoms with van der Waals surface area (Å²) in [6.07, 6.45) is 2.65. The quantitative estimate of drug-likeness (QED) is 0.855. The predicted octanol–water partition coefficient (Wildman–Crippen LogP) is 2.18. The van der Waals surface area contributed by atoms with Gasteiger partial charge in [0.15, 0.2) is 0 Å². The molecule has 2 atom stereocenters. The van der Waals surface area contributed by atoms with Crippen LogP contribution >= 0.6 is 0 Å². The van der Waals surface area contributed by atoms with Crippen LogP contribution in [0, 0.1) is 0 Å². The molecule has 0 aromatic heterocycles. The molecular formula is C15H22N2O. The first-order valence-corrected chi connectivity index (χ1v) is 6.80. The molecule has 0 bridgehead atoms. The zero-order valence-corrected chi connectivity index (χ0v) is 11.2. The molecule has 0 radical (unpaired) electrons. The number of amides is 1. The molecule has 2 unspecified atom stereocenters. The standard InChI is InChI=1S/C15H22N2O/c1-3-12-4-6-13(7-5-12)11(2)17-14-8-9-15(18)16-10-14/h4-7,11,14,17H,3,8-10H2,1-2H3,(H,16,18). The van der Waals surface area contributed by atoms with Crippen molar-refractivity contribution in [2.75, 3.05) is 6.54 Å². The van der Waals surface area contributed by atoms with Gasteiger partial charge >= 0.3 is 0 Å². The SMILES string of the molecule is CCc1ccc(C(C)NC2CCC(=O)NC2)cc1. The van der Waals surface area contributed by atoms with Crippen molar-refractivity contribution in [2.24, 2.45) is 0 Å². The van der Waals surface area contributed by atoms with Crippen molar-refractivity contribution in [1.82, 2.24) is 10.6 Å². The second-order valence-electron chi connectivity index (χ2n) is 5.02. The summed E-state index contributed by atoms with van der Waals surface area (Å²) in [5.74, 6) is 0.174. The molecule has 1 aromatic rings. The number of nitrogens with one attached hydrogen (secondary N) is 2. The summed E-state index contributed by atoms with van der Waals surface area (Å²) in [6, 6.07) is 9.49. The van der Waals surface area contributed by atoms with Gasteiger partial charge in [0, 0.05) is 25.0 Å². The van der Waals surface area contributed by atoms with Crippen molar-refractivity contribution < 1.29 is 4.79 Å². The van der Waals surface area contributed by atoms with Gasteiger partial charge < -0.3 is 10.6 Å². The molecular weight excluding hydrogens is 224 g/mol. The number of hydrogen-bond donors (Lipinski definition) is 2. The Balaban J connectivity index is 1.90. The lowest BCUT2D eigenvalue weighted by Crippen LogP contribution is -2.46. The maximum atomic E-state index is 11.1. The lowest BCUT2D eigenvalue weighted by molar-refractivity contribution is -0.122. The summed E-state index contributed by atoms with van der Waals surface area (Å²) in [6.45, 7) is 5.09. The van der Waals surface area contributed by atoms with Crippen molar-refractivity contribution in [3.05, 3.63) is 35.4 Å². The van der Waals surface area contributed by atoms with Crippen LogP contribution in [0.1, 0.15) is 43.9 Å². The molecule has 2 N–H and O–H groups in total. The minimum atomic E-state index is 0.174. The molecule has 1 saturated heterocycles. The number of carbonyl (C=O) groups excluding carboxylic acids is 1. The van der Waals surface area contributed by atoms with Gasteiger partial charge in [0.2, 0.25) is 5.91 Å². The summed E-state index contributed by atoms with van der Waals surface area (Å²) in [4.78, 5) is 11.1. The van der Waals surface area contributed by atoms with E-state index in [0.29, 0.717) is 18.5 Å². The van der Waals surface area contributed by atoms with Crippen molar-refractivity contribution in [2.45, 2.75) is 45.2 Å². The van der Waals surface area contributed by atoms with E-state index in [9.17, 15) is 4.79 Å². The first kappa shape index (κ1) is 13.1. The molecule has 3 nitrogen and oxygen atoms in total. The molecule has 2 rings (SSSR count). The zero-order valence-electron chi connectivity index (χ0n) is 11.2. The molecule has 0 aliphatic carbocycles. The molecule has 98 valence electrons. The Morgan fingerprint density at radius 3 is 2.67 bits per heavy atom. The van der Waals surface area contributed by atoms with Crippen LogP contribution in [0.4, 0.5) is 0 Å². The highest BCUT2D eigenvalue weighted by Gasteiger charge is 2.19. The monoisotopic (exact) mass is 246 g/mol. The molecule has 1 aliphatic rings. The summed E-state index contributed by atoms with van der Waals surface area (Å²) >= 11 is 0. The number of benzene rings is 1. The third-order valence-electron chi connectivity index (χ3n) is 3.64. The van der Waals surface area contributed by atoms with Gasteiger partial charge in [-0.15, -0.1) is 0 Å². The Morgan fingerprint density at radius 1 is 1.39 bits per heavy atom. The van der Waals surface area contributed by atoms with Gasteiger partial charge in [-0.3, -0.25) is 4.79 Å². The second-order valence-corrected chi connectivity index (χ2v) is 5.02. The number of aryl methyl sites for hydroxylation is 1. The maximum absolute atomic E-state index is 11.1. The summed E-state index contributed by atoms with van der Waals surface area (Å²) < 4.78 is 0. The fourth-order valence-corrected chi connectivity index (χ4v) is 2.37. The number of carbonyl (C=O) groups is 1. The maximum Gasteiger partial charge on any atom is 0.220 e. The van der Waals surface area contributed by atoms with Gasteiger partial charge in [-0.1, -0.05) is 31.2 Å². The summed E-state index contributed by atoms with van der Waals surface area (Å²) in [7, 11) is 0. The first-order valence-electron chi connectivity index (χ1n) is 6.80. The Labute approximate surface area is 109 Å². The molecule has 1 heterocycles. The average Bonchev–Trinajstić information content (AvgIpc) is 2.41. The molecule has 18 heavy (non-hydrogen) atoms. The highest BCUT2D eigenvalue weighted by atomic mass is 16.1. The van der Waals surface area contributed by atoms with Gasteiger partial charge in [0.25, 0.3) is 0 Å². The van der Waals surface area contributed by atoms with Crippen LogP contribution in [0.3, 0.4) is 0 Å². The van der Waals surface area contributed by atoms with Gasteiger partial charge in [0.1, 0.15) is 0 Å². The van der Waals surface area contributed by atoms with E-state index in [-0.39, 0.29) is 5.91 Å². The minimum absolute atomic E-state index is 0.174. The smallest absolute Gasteiger partial charge is 0.220 e. The molecule has 3 heteroatoms. The van der Waals surface area contributed by atoms with Crippen molar-refractivity contribution in [3.8, 4) is 0 Å². The van der Waals surface area contributed by atoms with Crippen LogP contribution < -0.4 is 10.6 Å². The van der Waals surface area contributed by atoms with Crippen LogP contribution in [0.5, 0.6) is 0 Å². The molecule has 0 spiro atoms. The Hall–Kier alpha value is -1.35. The molecule has 1 aliphatic heterocycles. The number of rotatable bonds is 4. The van der Waals surface area contributed by atoms with E-state index in [4.69, 9.17) is 0 Å². The highest BCUT2D eigenvalue weighted by Crippen LogP contribution is 2.16. The van der Waals surface area contributed by atoms with Gasteiger partial charge in [-0.2, -0.15) is 0 Å². The highest BCUT2D eigenvalue weighted by molar-refractivity contribution is 5.76. The van der Waals surface area contributed by atoms with E-state index in [2.05, 4.69) is 48.7 Å². The van der Waals surface area contributed by atoms with Crippen LogP contribution in [-0.4, -0.2) is 18.5 Å². The predicted molar refractivity (Wildman–Crippen MR) is 73.4 cm³/mol. The summed E-state index contributed by atoms with van der Waals surface area (Å²) in [5.41, 5.74) is 2.68. The number of piperidine rings is 1. The van der Waals surface area contributed by atoms with Crippen LogP contribution in [0.15, 0.2) is 24.3 Å². The second kappa shape index (κ2) is 6.01. The topological polar surface area (TPSA) is 41.1 Å². The normalized spacial score (nSPS) is 21.4. The lowest BCUT2D eigenvalue weighted by atomic mass is 10.0. The van der Waals surface area contributed by atoms with Gasteiger partial charge in [-0.05, 0) is 30.9 Å². The van der Waals surface area contributed by atoms with Gasteiger partial charge in [0.05, 0.1) is 0 Å². The largest absolute Gasteiger partial charge is 0.355 e. The molecule has 1 aromatic carbocycles. The fourth-order valence-electron chi connectivity index (χ4n) is 2.37. The van der Waals surface area contributed by atoms with Gasteiger partial charge in [-0.25, -0.2) is 0 Å².